The zero-order valence-electron chi connectivity index (χ0n) is 14.2. The minimum Gasteiger partial charge on any atom is -0.463 e. The lowest BCUT2D eigenvalue weighted by Gasteiger charge is -2.21. The molecule has 0 aliphatic carbocycles. The van der Waals surface area contributed by atoms with Crippen molar-refractivity contribution < 1.29 is 9.32 Å². The number of furan rings is 1. The van der Waals surface area contributed by atoms with Crippen LogP contribution in [-0.2, 0) is 0 Å². The lowest BCUT2D eigenvalue weighted by molar-refractivity contribution is -0.891. The van der Waals surface area contributed by atoms with Gasteiger partial charge in [0.05, 0.1) is 26.9 Å². The first-order chi connectivity index (χ1) is 11.0. The van der Waals surface area contributed by atoms with E-state index >= 15 is 0 Å². The molecule has 0 saturated carbocycles. The summed E-state index contributed by atoms with van der Waals surface area (Å²) in [5.41, 5.74) is 2.32. The van der Waals surface area contributed by atoms with Gasteiger partial charge in [-0.3, -0.25) is 0 Å². The van der Waals surface area contributed by atoms with Gasteiger partial charge in [-0.1, -0.05) is 26.0 Å². The minimum atomic E-state index is 0.216. The highest BCUT2D eigenvalue weighted by molar-refractivity contribution is 7.80. The number of nitrogens with one attached hydrogen (secondary N) is 3. The van der Waals surface area contributed by atoms with Crippen LogP contribution in [0.3, 0.4) is 0 Å². The Kier molecular flexibility index (Phi) is 6.19. The highest BCUT2D eigenvalue weighted by Gasteiger charge is 2.20. The highest BCUT2D eigenvalue weighted by Crippen LogP contribution is 2.17. The summed E-state index contributed by atoms with van der Waals surface area (Å²) in [5, 5.41) is 7.13. The third-order valence-corrected chi connectivity index (χ3v) is 4.13. The molecular weight excluding hydrogens is 306 g/mol. The van der Waals surface area contributed by atoms with Crippen LogP contribution in [-0.4, -0.2) is 25.8 Å². The standard InChI is InChI=1S/C18H25N3OS/c1-13(2)14-7-9-15(10-8-14)20-18(23)19-12-16(21(3)4)17-6-5-11-22-17/h5-11,13,16H,12H2,1-4H3,(H2,19,20,23)/p+1/t16-/m0/s1. The zero-order chi connectivity index (χ0) is 16.8. The Morgan fingerprint density at radius 2 is 1.87 bits per heavy atom. The summed E-state index contributed by atoms with van der Waals surface area (Å²) in [7, 11) is 4.21. The highest BCUT2D eigenvalue weighted by atomic mass is 32.1. The molecule has 23 heavy (non-hydrogen) atoms. The van der Waals surface area contributed by atoms with E-state index in [1.54, 1.807) is 6.26 Å². The van der Waals surface area contributed by atoms with Crippen molar-refractivity contribution in [2.75, 3.05) is 26.0 Å². The van der Waals surface area contributed by atoms with Crippen molar-refractivity contribution in [3.8, 4) is 0 Å². The topological polar surface area (TPSA) is 41.6 Å². The van der Waals surface area contributed by atoms with E-state index in [0.717, 1.165) is 11.4 Å². The van der Waals surface area contributed by atoms with Crippen LogP contribution in [0.2, 0.25) is 0 Å². The third-order valence-electron chi connectivity index (χ3n) is 3.89. The van der Waals surface area contributed by atoms with E-state index in [1.165, 1.54) is 10.5 Å². The van der Waals surface area contributed by atoms with Gasteiger partial charge in [0.2, 0.25) is 0 Å². The van der Waals surface area contributed by atoms with Crippen LogP contribution >= 0.6 is 12.2 Å². The number of hydrogen-bond acceptors (Lipinski definition) is 2. The van der Waals surface area contributed by atoms with Crippen molar-refractivity contribution in [3.05, 3.63) is 54.0 Å². The predicted octanol–water partition coefficient (Wildman–Crippen LogP) is 2.58. The fourth-order valence-electron chi connectivity index (χ4n) is 2.40. The molecule has 0 aliphatic rings. The van der Waals surface area contributed by atoms with Crippen molar-refractivity contribution in [2.24, 2.45) is 0 Å². The van der Waals surface area contributed by atoms with Gasteiger partial charge < -0.3 is 20.0 Å². The van der Waals surface area contributed by atoms with E-state index in [2.05, 4.69) is 62.8 Å². The van der Waals surface area contributed by atoms with Gasteiger partial charge in [-0.15, -0.1) is 0 Å². The van der Waals surface area contributed by atoms with Crippen molar-refractivity contribution >= 4 is 23.0 Å². The molecular formula is C18H26N3OS+. The Hall–Kier alpha value is -1.85. The Balaban J connectivity index is 1.89. The third kappa shape index (κ3) is 5.08. The van der Waals surface area contributed by atoms with E-state index in [-0.39, 0.29) is 6.04 Å². The Bertz CT molecular complexity index is 606. The summed E-state index contributed by atoms with van der Waals surface area (Å²) in [6.45, 7) is 5.09. The number of quaternary nitrogens is 1. The fraction of sp³-hybridized carbons (Fsp3) is 0.389. The molecule has 124 valence electrons. The first-order valence-corrected chi connectivity index (χ1v) is 8.36. The Morgan fingerprint density at radius 3 is 2.39 bits per heavy atom. The second-order valence-electron chi connectivity index (χ2n) is 6.26. The molecule has 5 heteroatoms. The number of hydrogen-bond donors (Lipinski definition) is 3. The van der Waals surface area contributed by atoms with Gasteiger partial charge in [0.15, 0.2) is 16.9 Å². The maximum Gasteiger partial charge on any atom is 0.171 e. The molecule has 3 N–H and O–H groups in total. The van der Waals surface area contributed by atoms with Crippen LogP contribution in [0.15, 0.2) is 47.1 Å². The smallest absolute Gasteiger partial charge is 0.171 e. The van der Waals surface area contributed by atoms with Gasteiger partial charge in [0, 0.05) is 5.69 Å². The SMILES string of the molecule is CC(C)c1ccc(NC(=S)NC[C@@H](c2ccco2)[NH+](C)C)cc1. The molecule has 0 saturated heterocycles. The normalized spacial score (nSPS) is 12.4. The maximum atomic E-state index is 5.52. The second-order valence-corrected chi connectivity index (χ2v) is 6.67. The molecule has 0 spiro atoms. The van der Waals surface area contributed by atoms with Crippen molar-refractivity contribution in [1.82, 2.24) is 5.32 Å². The van der Waals surface area contributed by atoms with Crippen LogP contribution < -0.4 is 15.5 Å². The molecule has 2 rings (SSSR count). The summed E-state index contributed by atoms with van der Waals surface area (Å²) in [4.78, 5) is 1.29. The number of likely N-dealkylation sites (N-methyl/N-ethyl adjacent to an activating group) is 1. The minimum absolute atomic E-state index is 0.216. The molecule has 1 atom stereocenters. The lowest BCUT2D eigenvalue weighted by atomic mass is 10.0. The summed E-state index contributed by atoms with van der Waals surface area (Å²) >= 11 is 5.39. The molecule has 1 aromatic heterocycles. The van der Waals surface area contributed by atoms with Gasteiger partial charge in [-0.2, -0.15) is 0 Å². The lowest BCUT2D eigenvalue weighted by Crippen LogP contribution is -3.07. The van der Waals surface area contributed by atoms with Crippen LogP contribution in [0.1, 0.15) is 37.1 Å². The zero-order valence-corrected chi connectivity index (χ0v) is 15.0. The average molecular weight is 332 g/mol. The summed E-state index contributed by atoms with van der Waals surface area (Å²) in [6, 6.07) is 12.5. The molecule has 4 nitrogen and oxygen atoms in total. The number of benzene rings is 1. The summed E-state index contributed by atoms with van der Waals surface area (Å²) in [6.07, 6.45) is 1.71. The van der Waals surface area contributed by atoms with Gasteiger partial charge in [0.1, 0.15) is 0 Å². The van der Waals surface area contributed by atoms with Gasteiger partial charge in [-0.05, 0) is 48.0 Å². The monoisotopic (exact) mass is 332 g/mol. The van der Waals surface area contributed by atoms with E-state index in [0.29, 0.717) is 17.6 Å². The van der Waals surface area contributed by atoms with Crippen LogP contribution in [0.4, 0.5) is 5.69 Å². The summed E-state index contributed by atoms with van der Waals surface area (Å²) < 4.78 is 5.52. The van der Waals surface area contributed by atoms with Crippen LogP contribution in [0.25, 0.3) is 0 Å². The molecule has 1 heterocycles. The van der Waals surface area contributed by atoms with Gasteiger partial charge in [0.25, 0.3) is 0 Å². The quantitative estimate of drug-likeness (QED) is 0.711. The Labute approximate surface area is 143 Å². The van der Waals surface area contributed by atoms with Gasteiger partial charge >= 0.3 is 0 Å². The predicted molar refractivity (Wildman–Crippen MR) is 99.0 cm³/mol. The summed E-state index contributed by atoms with van der Waals surface area (Å²) in [5.74, 6) is 1.49. The molecule has 0 aliphatic heterocycles. The molecule has 0 amide bonds. The average Bonchev–Trinajstić information content (AvgIpc) is 3.01. The van der Waals surface area contributed by atoms with Crippen LogP contribution in [0.5, 0.6) is 0 Å². The van der Waals surface area contributed by atoms with E-state index in [9.17, 15) is 0 Å². The molecule has 2 aromatic rings. The van der Waals surface area contributed by atoms with E-state index in [1.807, 2.05) is 12.1 Å². The second kappa shape index (κ2) is 8.13. The van der Waals surface area contributed by atoms with E-state index < -0.39 is 0 Å². The van der Waals surface area contributed by atoms with Crippen molar-refractivity contribution in [3.63, 3.8) is 0 Å². The first kappa shape index (κ1) is 17.5. The van der Waals surface area contributed by atoms with E-state index in [4.69, 9.17) is 16.6 Å². The van der Waals surface area contributed by atoms with Crippen molar-refractivity contribution in [2.45, 2.75) is 25.8 Å². The Morgan fingerprint density at radius 1 is 1.17 bits per heavy atom. The molecule has 1 aromatic carbocycles. The number of anilines is 1. The maximum absolute atomic E-state index is 5.52. The fourth-order valence-corrected chi connectivity index (χ4v) is 2.60. The molecule has 0 bridgehead atoms. The van der Waals surface area contributed by atoms with Crippen LogP contribution in [0, 0.1) is 0 Å². The molecule has 0 radical (unpaired) electrons. The molecule has 0 fully saturated rings. The number of rotatable bonds is 6. The van der Waals surface area contributed by atoms with Crippen molar-refractivity contribution in [1.29, 1.82) is 0 Å². The number of thiocarbonyl (C=S) groups is 1. The molecule has 0 unspecified atom stereocenters. The first-order valence-electron chi connectivity index (χ1n) is 7.95. The van der Waals surface area contributed by atoms with Gasteiger partial charge in [-0.25, -0.2) is 0 Å². The largest absolute Gasteiger partial charge is 0.463 e.